The highest BCUT2D eigenvalue weighted by Gasteiger charge is 2.03. The minimum atomic E-state index is -0.358. The van der Waals surface area contributed by atoms with Crippen molar-refractivity contribution in [2.24, 2.45) is 0 Å². The van der Waals surface area contributed by atoms with Gasteiger partial charge in [0.15, 0.2) is 0 Å². The first kappa shape index (κ1) is 15.4. The molecule has 2 aromatic carbocycles. The van der Waals surface area contributed by atoms with E-state index in [1.807, 2.05) is 43.3 Å². The van der Waals surface area contributed by atoms with Gasteiger partial charge < -0.3 is 21.1 Å². The van der Waals surface area contributed by atoms with E-state index in [1.165, 1.54) is 0 Å². The molecule has 22 heavy (non-hydrogen) atoms. The molecule has 114 valence electrons. The van der Waals surface area contributed by atoms with E-state index in [4.69, 9.17) is 10.5 Å². The van der Waals surface area contributed by atoms with Crippen molar-refractivity contribution < 1.29 is 9.53 Å². The summed E-state index contributed by atoms with van der Waals surface area (Å²) in [4.78, 5) is 11.9. The number of hydrogen-bond donors (Lipinski definition) is 3. The van der Waals surface area contributed by atoms with Crippen molar-refractivity contribution in [1.82, 2.24) is 5.32 Å². The summed E-state index contributed by atoms with van der Waals surface area (Å²) in [7, 11) is 1.60. The Balaban J connectivity index is 1.98. The van der Waals surface area contributed by atoms with E-state index < -0.39 is 0 Å². The van der Waals surface area contributed by atoms with Crippen LogP contribution in [0.3, 0.4) is 0 Å². The van der Waals surface area contributed by atoms with Gasteiger partial charge in [-0.15, -0.1) is 0 Å². The Hall–Kier alpha value is -2.95. The first-order chi connectivity index (χ1) is 10.6. The Morgan fingerprint density at radius 2 is 2.00 bits per heavy atom. The molecule has 4 N–H and O–H groups in total. The Morgan fingerprint density at radius 3 is 2.77 bits per heavy atom. The maximum Gasteiger partial charge on any atom is 0.323 e. The molecule has 5 nitrogen and oxygen atoms in total. The third kappa shape index (κ3) is 4.02. The van der Waals surface area contributed by atoms with Gasteiger partial charge in [0, 0.05) is 11.8 Å². The zero-order chi connectivity index (χ0) is 15.9. The van der Waals surface area contributed by atoms with Crippen LogP contribution in [-0.4, -0.2) is 13.1 Å². The average molecular weight is 297 g/mol. The quantitative estimate of drug-likeness (QED) is 0.757. The summed E-state index contributed by atoms with van der Waals surface area (Å²) >= 11 is 0. The summed E-state index contributed by atoms with van der Waals surface area (Å²) in [5, 5.41) is 5.34. The van der Waals surface area contributed by atoms with Gasteiger partial charge in [0.1, 0.15) is 5.75 Å². The first-order valence-corrected chi connectivity index (χ1v) is 6.83. The topological polar surface area (TPSA) is 76.4 Å². The van der Waals surface area contributed by atoms with Crippen molar-refractivity contribution in [2.45, 2.75) is 6.92 Å². The molecule has 2 rings (SSSR count). The summed E-state index contributed by atoms with van der Waals surface area (Å²) in [5.41, 5.74) is 8.82. The van der Waals surface area contributed by atoms with Crippen molar-refractivity contribution in [2.75, 3.05) is 18.2 Å². The smallest absolute Gasteiger partial charge is 0.323 e. The van der Waals surface area contributed by atoms with E-state index in [-0.39, 0.29) is 6.03 Å². The van der Waals surface area contributed by atoms with E-state index in [0.717, 1.165) is 16.9 Å². The number of anilines is 2. The maximum absolute atomic E-state index is 11.9. The van der Waals surface area contributed by atoms with Gasteiger partial charge in [-0.05, 0) is 36.8 Å². The van der Waals surface area contributed by atoms with Crippen LogP contribution in [0.25, 0.3) is 6.08 Å². The number of rotatable bonds is 4. The number of ether oxygens (including phenoxy) is 1. The van der Waals surface area contributed by atoms with Crippen molar-refractivity contribution in [3.63, 3.8) is 0 Å². The number of para-hydroxylation sites is 1. The third-order valence-corrected chi connectivity index (χ3v) is 3.07. The van der Waals surface area contributed by atoms with E-state index in [2.05, 4.69) is 10.6 Å². The molecule has 5 heteroatoms. The highest BCUT2D eigenvalue weighted by atomic mass is 16.5. The van der Waals surface area contributed by atoms with Gasteiger partial charge >= 0.3 is 6.03 Å². The molecule has 0 fully saturated rings. The Labute approximate surface area is 129 Å². The second kappa shape index (κ2) is 7.17. The highest BCUT2D eigenvalue weighted by molar-refractivity contribution is 5.93. The second-order valence-electron chi connectivity index (χ2n) is 4.76. The predicted octanol–water partition coefficient (Wildman–Crippen LogP) is 3.38. The minimum absolute atomic E-state index is 0.358. The van der Waals surface area contributed by atoms with Crippen LogP contribution in [0.1, 0.15) is 11.1 Å². The van der Waals surface area contributed by atoms with Gasteiger partial charge in [0.2, 0.25) is 0 Å². The van der Waals surface area contributed by atoms with Crippen molar-refractivity contribution in [3.05, 3.63) is 59.8 Å². The minimum Gasteiger partial charge on any atom is -0.496 e. The number of nitrogens with one attached hydrogen (secondary N) is 2. The lowest BCUT2D eigenvalue weighted by molar-refractivity contribution is 0.255. The second-order valence-corrected chi connectivity index (χ2v) is 4.76. The van der Waals surface area contributed by atoms with Crippen molar-refractivity contribution in [3.8, 4) is 5.75 Å². The molecule has 0 heterocycles. The summed E-state index contributed by atoms with van der Waals surface area (Å²) < 4.78 is 5.23. The Morgan fingerprint density at radius 1 is 1.23 bits per heavy atom. The normalized spacial score (nSPS) is 10.5. The Kier molecular flexibility index (Phi) is 5.03. The molecular formula is C17H19N3O2. The van der Waals surface area contributed by atoms with Gasteiger partial charge in [-0.1, -0.05) is 24.3 Å². The molecule has 0 saturated heterocycles. The SMILES string of the molecule is COc1ccccc1/C=C/NC(=O)Nc1cc(C)ccc1N. The van der Waals surface area contributed by atoms with Gasteiger partial charge in [-0.2, -0.15) is 0 Å². The molecule has 0 aliphatic rings. The number of amides is 2. The van der Waals surface area contributed by atoms with Crippen molar-refractivity contribution >= 4 is 23.5 Å². The number of aryl methyl sites for hydroxylation is 1. The molecule has 0 spiro atoms. The van der Waals surface area contributed by atoms with Crippen molar-refractivity contribution in [1.29, 1.82) is 0 Å². The van der Waals surface area contributed by atoms with E-state index in [9.17, 15) is 4.79 Å². The van der Waals surface area contributed by atoms with E-state index >= 15 is 0 Å². The number of urea groups is 1. The van der Waals surface area contributed by atoms with E-state index in [1.54, 1.807) is 25.5 Å². The summed E-state index contributed by atoms with van der Waals surface area (Å²) in [6.07, 6.45) is 3.32. The standard InChI is InChI=1S/C17H19N3O2/c1-12-7-8-14(18)15(11-12)20-17(21)19-10-9-13-5-3-4-6-16(13)22-2/h3-11H,18H2,1-2H3,(H2,19,20,21)/b10-9+. The van der Waals surface area contributed by atoms with Gasteiger partial charge in [0.25, 0.3) is 0 Å². The largest absolute Gasteiger partial charge is 0.496 e. The number of hydrogen-bond acceptors (Lipinski definition) is 3. The number of methoxy groups -OCH3 is 1. The first-order valence-electron chi connectivity index (χ1n) is 6.83. The van der Waals surface area contributed by atoms with E-state index in [0.29, 0.717) is 11.4 Å². The maximum atomic E-state index is 11.9. The van der Waals surface area contributed by atoms with Crippen LogP contribution >= 0.6 is 0 Å². The summed E-state index contributed by atoms with van der Waals surface area (Å²) in [5.74, 6) is 0.740. The monoisotopic (exact) mass is 297 g/mol. The summed E-state index contributed by atoms with van der Waals surface area (Å²) in [6, 6.07) is 12.6. The zero-order valence-electron chi connectivity index (χ0n) is 12.6. The number of carbonyl (C=O) groups excluding carboxylic acids is 1. The molecule has 0 aliphatic carbocycles. The molecule has 0 saturated carbocycles. The van der Waals surface area contributed by atoms with Crippen LogP contribution in [0.4, 0.5) is 16.2 Å². The lowest BCUT2D eigenvalue weighted by Gasteiger charge is -2.08. The molecule has 0 unspecified atom stereocenters. The number of benzene rings is 2. The number of carbonyl (C=O) groups is 1. The number of nitrogens with two attached hydrogens (primary N) is 1. The van der Waals surface area contributed by atoms with Crippen LogP contribution in [0, 0.1) is 6.92 Å². The van der Waals surface area contributed by atoms with Crippen LogP contribution < -0.4 is 21.1 Å². The van der Waals surface area contributed by atoms with Gasteiger partial charge in [-0.25, -0.2) is 4.79 Å². The Bertz CT molecular complexity index is 696. The molecular weight excluding hydrogens is 278 g/mol. The fourth-order valence-electron chi connectivity index (χ4n) is 1.95. The third-order valence-electron chi connectivity index (χ3n) is 3.07. The molecule has 0 bridgehead atoms. The van der Waals surface area contributed by atoms with Gasteiger partial charge in [-0.3, -0.25) is 0 Å². The van der Waals surface area contributed by atoms with Crippen LogP contribution in [0.15, 0.2) is 48.7 Å². The number of nitrogen functional groups attached to an aromatic ring is 1. The summed E-state index contributed by atoms with van der Waals surface area (Å²) in [6.45, 7) is 1.93. The fourth-order valence-corrected chi connectivity index (χ4v) is 1.95. The molecule has 0 aliphatic heterocycles. The average Bonchev–Trinajstić information content (AvgIpc) is 2.51. The molecule has 0 atom stereocenters. The fraction of sp³-hybridized carbons (Fsp3) is 0.118. The predicted molar refractivity (Wildman–Crippen MR) is 89.8 cm³/mol. The lowest BCUT2D eigenvalue weighted by atomic mass is 10.2. The van der Waals surface area contributed by atoms with Crippen LogP contribution in [0.2, 0.25) is 0 Å². The molecule has 0 aromatic heterocycles. The molecule has 2 amide bonds. The molecule has 2 aromatic rings. The van der Waals surface area contributed by atoms with Crippen LogP contribution in [0.5, 0.6) is 5.75 Å². The lowest BCUT2D eigenvalue weighted by Crippen LogP contribution is -2.24. The highest BCUT2D eigenvalue weighted by Crippen LogP contribution is 2.20. The van der Waals surface area contributed by atoms with Crippen LogP contribution in [-0.2, 0) is 0 Å². The zero-order valence-corrected chi connectivity index (χ0v) is 12.6. The van der Waals surface area contributed by atoms with Gasteiger partial charge in [0.05, 0.1) is 18.5 Å². The molecule has 0 radical (unpaired) electrons.